The van der Waals surface area contributed by atoms with Crippen LogP contribution in [-0.4, -0.2) is 24.5 Å². The molecule has 0 bridgehead atoms. The second-order valence-electron chi connectivity index (χ2n) is 6.22. The van der Waals surface area contributed by atoms with E-state index in [1.807, 2.05) is 54.6 Å². The monoisotopic (exact) mass is 360 g/mol. The van der Waals surface area contributed by atoms with E-state index in [0.29, 0.717) is 18.2 Å². The largest absolute Gasteiger partial charge is 0.489 e. The fraction of sp³-hybridized carbons (Fsp3) is 0.350. The quantitative estimate of drug-likeness (QED) is 0.857. The van der Waals surface area contributed by atoms with Gasteiger partial charge in [0.2, 0.25) is 0 Å². The van der Waals surface area contributed by atoms with E-state index in [-0.39, 0.29) is 24.4 Å². The van der Waals surface area contributed by atoms with Gasteiger partial charge >= 0.3 is 0 Å². The lowest BCUT2D eigenvalue weighted by Gasteiger charge is -2.30. The first kappa shape index (κ1) is 19.3. The number of piperidine rings is 1. The minimum Gasteiger partial charge on any atom is -0.489 e. The van der Waals surface area contributed by atoms with Crippen molar-refractivity contribution >= 4 is 18.3 Å². The Morgan fingerprint density at radius 1 is 1.16 bits per heavy atom. The molecule has 1 amide bonds. The SMILES string of the molecule is CC1NCCCC1NC(=O)c1ccccc1COc1ccccc1.Cl. The van der Waals surface area contributed by atoms with Gasteiger partial charge < -0.3 is 15.4 Å². The zero-order valence-electron chi connectivity index (χ0n) is 14.4. The van der Waals surface area contributed by atoms with E-state index in [2.05, 4.69) is 17.6 Å². The zero-order chi connectivity index (χ0) is 16.8. The fourth-order valence-electron chi connectivity index (χ4n) is 3.03. The van der Waals surface area contributed by atoms with Crippen LogP contribution in [0.15, 0.2) is 54.6 Å². The highest BCUT2D eigenvalue weighted by Crippen LogP contribution is 2.16. The summed E-state index contributed by atoms with van der Waals surface area (Å²) in [6, 6.07) is 17.8. The maximum Gasteiger partial charge on any atom is 0.251 e. The average molecular weight is 361 g/mol. The van der Waals surface area contributed by atoms with Gasteiger partial charge in [-0.15, -0.1) is 12.4 Å². The molecule has 1 heterocycles. The Hall–Kier alpha value is -2.04. The summed E-state index contributed by atoms with van der Waals surface area (Å²) in [6.07, 6.45) is 2.11. The van der Waals surface area contributed by atoms with Crippen molar-refractivity contribution in [3.05, 3.63) is 65.7 Å². The van der Waals surface area contributed by atoms with Crippen LogP contribution in [0.2, 0.25) is 0 Å². The topological polar surface area (TPSA) is 50.4 Å². The number of hydrogen-bond donors (Lipinski definition) is 2. The summed E-state index contributed by atoms with van der Waals surface area (Å²) >= 11 is 0. The molecule has 1 saturated heterocycles. The highest BCUT2D eigenvalue weighted by molar-refractivity contribution is 5.95. The summed E-state index contributed by atoms with van der Waals surface area (Å²) in [5, 5.41) is 6.58. The number of benzene rings is 2. The molecule has 2 atom stereocenters. The first-order valence-corrected chi connectivity index (χ1v) is 8.54. The predicted octanol–water partition coefficient (Wildman–Crippen LogP) is 3.56. The Kier molecular flexibility index (Phi) is 7.29. The fourth-order valence-corrected chi connectivity index (χ4v) is 3.03. The van der Waals surface area contributed by atoms with Crippen molar-refractivity contribution in [3.63, 3.8) is 0 Å². The van der Waals surface area contributed by atoms with Gasteiger partial charge in [-0.1, -0.05) is 36.4 Å². The lowest BCUT2D eigenvalue weighted by Crippen LogP contribution is -2.52. The molecule has 0 aliphatic carbocycles. The van der Waals surface area contributed by atoms with Gasteiger partial charge in [0.1, 0.15) is 12.4 Å². The van der Waals surface area contributed by atoms with E-state index in [1.54, 1.807) is 0 Å². The molecule has 1 fully saturated rings. The van der Waals surface area contributed by atoms with E-state index < -0.39 is 0 Å². The highest BCUT2D eigenvalue weighted by Gasteiger charge is 2.23. The van der Waals surface area contributed by atoms with Crippen molar-refractivity contribution in [1.29, 1.82) is 0 Å². The van der Waals surface area contributed by atoms with Crippen LogP contribution >= 0.6 is 12.4 Å². The highest BCUT2D eigenvalue weighted by atomic mass is 35.5. The molecular formula is C20H25ClN2O2. The molecule has 2 aromatic carbocycles. The van der Waals surface area contributed by atoms with Gasteiger partial charge in [0.25, 0.3) is 5.91 Å². The number of nitrogens with one attached hydrogen (secondary N) is 2. The standard InChI is InChI=1S/C20H24N2O2.ClH/c1-15-19(12-7-13-21-15)22-20(23)18-11-6-5-8-16(18)14-24-17-9-3-2-4-10-17;/h2-6,8-11,15,19,21H,7,12-14H2,1H3,(H,22,23);1H. The number of carbonyl (C=O) groups excluding carboxylic acids is 1. The van der Waals surface area contributed by atoms with Crippen LogP contribution < -0.4 is 15.4 Å². The third-order valence-electron chi connectivity index (χ3n) is 4.48. The Morgan fingerprint density at radius 3 is 2.64 bits per heavy atom. The molecule has 134 valence electrons. The van der Waals surface area contributed by atoms with E-state index in [4.69, 9.17) is 4.74 Å². The molecule has 5 heteroatoms. The van der Waals surface area contributed by atoms with Gasteiger partial charge in [0.15, 0.2) is 0 Å². The third-order valence-corrected chi connectivity index (χ3v) is 4.48. The molecule has 1 aliphatic rings. The maximum absolute atomic E-state index is 12.7. The van der Waals surface area contributed by atoms with E-state index in [0.717, 1.165) is 30.7 Å². The molecule has 25 heavy (non-hydrogen) atoms. The Bertz CT molecular complexity index is 678. The molecule has 2 aromatic rings. The molecule has 2 unspecified atom stereocenters. The molecule has 4 nitrogen and oxygen atoms in total. The smallest absolute Gasteiger partial charge is 0.251 e. The number of rotatable bonds is 5. The van der Waals surface area contributed by atoms with Crippen LogP contribution in [0.4, 0.5) is 0 Å². The molecule has 0 saturated carbocycles. The van der Waals surface area contributed by atoms with Crippen LogP contribution in [0.5, 0.6) is 5.75 Å². The third kappa shape index (κ3) is 5.21. The predicted molar refractivity (Wildman–Crippen MR) is 102 cm³/mol. The molecule has 3 rings (SSSR count). The molecular weight excluding hydrogens is 336 g/mol. The normalized spacial score (nSPS) is 19.6. The van der Waals surface area contributed by atoms with Crippen molar-refractivity contribution in [1.82, 2.24) is 10.6 Å². The van der Waals surface area contributed by atoms with E-state index in [9.17, 15) is 4.79 Å². The number of para-hydroxylation sites is 1. The number of amides is 1. The van der Waals surface area contributed by atoms with Crippen LogP contribution in [0, 0.1) is 0 Å². The Morgan fingerprint density at radius 2 is 1.88 bits per heavy atom. The summed E-state index contributed by atoms with van der Waals surface area (Å²) in [4.78, 5) is 12.7. The average Bonchev–Trinajstić information content (AvgIpc) is 2.63. The van der Waals surface area contributed by atoms with E-state index >= 15 is 0 Å². The Labute approximate surface area is 155 Å². The summed E-state index contributed by atoms with van der Waals surface area (Å²) in [5.74, 6) is 0.778. The molecule has 2 N–H and O–H groups in total. The lowest BCUT2D eigenvalue weighted by molar-refractivity contribution is 0.0917. The van der Waals surface area contributed by atoms with Crippen LogP contribution in [-0.2, 0) is 6.61 Å². The first-order chi connectivity index (χ1) is 11.7. The summed E-state index contributed by atoms with van der Waals surface area (Å²) in [5.41, 5.74) is 1.58. The van der Waals surface area contributed by atoms with Crippen molar-refractivity contribution in [2.45, 2.75) is 38.5 Å². The molecule has 0 aromatic heterocycles. The van der Waals surface area contributed by atoms with Gasteiger partial charge in [0, 0.05) is 23.2 Å². The van der Waals surface area contributed by atoms with Gasteiger partial charge in [-0.25, -0.2) is 0 Å². The first-order valence-electron chi connectivity index (χ1n) is 8.54. The van der Waals surface area contributed by atoms with Crippen molar-refractivity contribution in [3.8, 4) is 5.75 Å². The molecule has 0 spiro atoms. The second-order valence-corrected chi connectivity index (χ2v) is 6.22. The summed E-state index contributed by atoms with van der Waals surface area (Å²) < 4.78 is 5.80. The van der Waals surface area contributed by atoms with Gasteiger partial charge in [-0.05, 0) is 44.5 Å². The van der Waals surface area contributed by atoms with Gasteiger partial charge in [-0.3, -0.25) is 4.79 Å². The number of hydrogen-bond acceptors (Lipinski definition) is 3. The lowest BCUT2D eigenvalue weighted by atomic mass is 9.99. The maximum atomic E-state index is 12.7. The number of ether oxygens (including phenoxy) is 1. The number of halogens is 1. The summed E-state index contributed by atoms with van der Waals surface area (Å²) in [6.45, 7) is 3.52. The van der Waals surface area contributed by atoms with Crippen LogP contribution in [0.1, 0.15) is 35.7 Å². The van der Waals surface area contributed by atoms with Gasteiger partial charge in [0.05, 0.1) is 0 Å². The second kappa shape index (κ2) is 9.44. The van der Waals surface area contributed by atoms with Crippen molar-refractivity contribution < 1.29 is 9.53 Å². The van der Waals surface area contributed by atoms with Crippen molar-refractivity contribution in [2.75, 3.05) is 6.54 Å². The zero-order valence-corrected chi connectivity index (χ0v) is 15.2. The van der Waals surface area contributed by atoms with Crippen molar-refractivity contribution in [2.24, 2.45) is 0 Å². The van der Waals surface area contributed by atoms with Crippen LogP contribution in [0.25, 0.3) is 0 Å². The minimum absolute atomic E-state index is 0. The van der Waals surface area contributed by atoms with Crippen LogP contribution in [0.3, 0.4) is 0 Å². The molecule has 0 radical (unpaired) electrons. The number of carbonyl (C=O) groups is 1. The van der Waals surface area contributed by atoms with Gasteiger partial charge in [-0.2, -0.15) is 0 Å². The minimum atomic E-state index is -0.0252. The Balaban J connectivity index is 0.00000225. The molecule has 1 aliphatic heterocycles. The summed E-state index contributed by atoms with van der Waals surface area (Å²) in [7, 11) is 0. The van der Waals surface area contributed by atoms with E-state index in [1.165, 1.54) is 0 Å².